The Bertz CT molecular complexity index is 542. The van der Waals surface area contributed by atoms with Crippen molar-refractivity contribution in [3.8, 4) is 0 Å². The number of nitrogens with two attached hydrogens (primary N) is 1. The van der Waals surface area contributed by atoms with E-state index in [4.69, 9.17) is 5.73 Å². The molecule has 1 amide bonds. The summed E-state index contributed by atoms with van der Waals surface area (Å²) in [6, 6.07) is 0. The molecule has 1 aliphatic rings. The van der Waals surface area contributed by atoms with Crippen LogP contribution in [0.5, 0.6) is 0 Å². The Kier molecular flexibility index (Phi) is 6.83. The number of hydrogen-bond donors (Lipinski definition) is 2. The van der Waals surface area contributed by atoms with Crippen LogP contribution in [0.3, 0.4) is 0 Å². The van der Waals surface area contributed by atoms with E-state index < -0.39 is 0 Å². The summed E-state index contributed by atoms with van der Waals surface area (Å²) >= 11 is 1.78. The fourth-order valence-corrected chi connectivity index (χ4v) is 3.81. The smallest absolute Gasteiger partial charge is 0.217 e. The van der Waals surface area contributed by atoms with Crippen LogP contribution in [0.4, 0.5) is 0 Å². The average molecular weight is 337 g/mol. The van der Waals surface area contributed by atoms with E-state index in [1.54, 1.807) is 18.4 Å². The lowest BCUT2D eigenvalue weighted by Crippen LogP contribution is -2.47. The van der Waals surface area contributed by atoms with Crippen molar-refractivity contribution in [1.29, 1.82) is 0 Å². The fourth-order valence-electron chi connectivity index (χ4n) is 2.95. The topological polar surface area (TPSA) is 83.6 Å². The number of aryl methyl sites for hydroxylation is 1. The summed E-state index contributed by atoms with van der Waals surface area (Å²) in [5, 5.41) is 4.58. The van der Waals surface area contributed by atoms with Crippen LogP contribution in [0.15, 0.2) is 11.2 Å². The molecule has 1 fully saturated rings. The summed E-state index contributed by atoms with van der Waals surface area (Å²) in [7, 11) is 1.80. The number of aliphatic imine (C=N–C) groups is 1. The lowest BCUT2D eigenvalue weighted by Gasteiger charge is -2.34. The summed E-state index contributed by atoms with van der Waals surface area (Å²) in [6.45, 7) is 4.79. The van der Waals surface area contributed by atoms with Gasteiger partial charge in [0.05, 0.1) is 5.01 Å². The minimum atomic E-state index is -0.213. The van der Waals surface area contributed by atoms with Crippen molar-refractivity contribution in [3.63, 3.8) is 0 Å². The van der Waals surface area contributed by atoms with Gasteiger partial charge in [-0.05, 0) is 25.2 Å². The van der Waals surface area contributed by atoms with Gasteiger partial charge in [-0.2, -0.15) is 0 Å². The zero-order valence-corrected chi connectivity index (χ0v) is 14.9. The van der Waals surface area contributed by atoms with Gasteiger partial charge in [0.25, 0.3) is 0 Å². The van der Waals surface area contributed by atoms with Crippen molar-refractivity contribution in [3.05, 3.63) is 16.1 Å². The maximum absolute atomic E-state index is 11.1. The first-order valence-electron chi connectivity index (χ1n) is 8.29. The highest BCUT2D eigenvalue weighted by molar-refractivity contribution is 7.11. The van der Waals surface area contributed by atoms with Gasteiger partial charge >= 0.3 is 0 Å². The van der Waals surface area contributed by atoms with Gasteiger partial charge in [-0.3, -0.25) is 9.79 Å². The Labute approximate surface area is 142 Å². The third kappa shape index (κ3) is 5.49. The second-order valence-electron chi connectivity index (χ2n) is 5.92. The van der Waals surface area contributed by atoms with Gasteiger partial charge in [0.1, 0.15) is 0 Å². The number of nitrogens with one attached hydrogen (secondary N) is 1. The van der Waals surface area contributed by atoms with Crippen molar-refractivity contribution < 1.29 is 4.79 Å². The summed E-state index contributed by atoms with van der Waals surface area (Å²) in [6.07, 6.45) is 6.52. The summed E-state index contributed by atoms with van der Waals surface area (Å²) in [4.78, 5) is 23.5. The molecule has 1 saturated heterocycles. The number of primary amides is 1. The Morgan fingerprint density at radius 1 is 1.61 bits per heavy atom. The van der Waals surface area contributed by atoms with Crippen LogP contribution < -0.4 is 11.1 Å². The minimum Gasteiger partial charge on any atom is -0.370 e. The molecule has 3 N–H and O–H groups in total. The number of rotatable bonds is 6. The maximum Gasteiger partial charge on any atom is 0.217 e. The van der Waals surface area contributed by atoms with Crippen LogP contribution in [0, 0.1) is 5.92 Å². The highest BCUT2D eigenvalue weighted by Gasteiger charge is 2.23. The van der Waals surface area contributed by atoms with Crippen molar-refractivity contribution in [2.24, 2.45) is 16.6 Å². The Hall–Kier alpha value is -1.63. The van der Waals surface area contributed by atoms with E-state index in [-0.39, 0.29) is 5.91 Å². The number of amides is 1. The molecule has 6 nitrogen and oxygen atoms in total. The normalized spacial score (nSPS) is 19.0. The molecule has 1 unspecified atom stereocenters. The van der Waals surface area contributed by atoms with E-state index >= 15 is 0 Å². The first kappa shape index (κ1) is 17.7. The molecule has 7 heteroatoms. The molecular formula is C16H27N5OS. The zero-order chi connectivity index (χ0) is 16.7. The lowest BCUT2D eigenvalue weighted by molar-refractivity contribution is -0.119. The van der Waals surface area contributed by atoms with E-state index in [0.29, 0.717) is 12.3 Å². The molecule has 1 aromatic heterocycles. The number of likely N-dealkylation sites (tertiary alicyclic amines) is 1. The van der Waals surface area contributed by atoms with Gasteiger partial charge < -0.3 is 16.0 Å². The second kappa shape index (κ2) is 8.86. The number of nitrogens with zero attached hydrogens (tertiary/aromatic N) is 3. The standard InChI is InChI=1S/C16H27N5OS/c1-3-13-10-20-15(23-13)6-7-19-16(18-2)21-8-4-5-12(11-21)9-14(17)22/h10,12H,3-9,11H2,1-2H3,(H2,17,22)(H,18,19). The molecule has 1 aromatic rings. The predicted octanol–water partition coefficient (Wildman–Crippen LogP) is 1.41. The molecule has 128 valence electrons. The van der Waals surface area contributed by atoms with Crippen LogP contribution in [0.25, 0.3) is 0 Å². The van der Waals surface area contributed by atoms with Gasteiger partial charge in [-0.1, -0.05) is 6.92 Å². The summed E-state index contributed by atoms with van der Waals surface area (Å²) in [5.41, 5.74) is 5.33. The van der Waals surface area contributed by atoms with Crippen molar-refractivity contribution >= 4 is 23.2 Å². The van der Waals surface area contributed by atoms with E-state index in [0.717, 1.165) is 56.3 Å². The molecular weight excluding hydrogens is 310 g/mol. The third-order valence-electron chi connectivity index (χ3n) is 4.09. The van der Waals surface area contributed by atoms with Crippen molar-refractivity contribution in [2.45, 2.75) is 39.0 Å². The van der Waals surface area contributed by atoms with E-state index in [9.17, 15) is 4.79 Å². The summed E-state index contributed by atoms with van der Waals surface area (Å²) in [5.74, 6) is 1.03. The molecule has 0 spiro atoms. The predicted molar refractivity (Wildman–Crippen MR) is 94.7 cm³/mol. The highest BCUT2D eigenvalue weighted by atomic mass is 32.1. The van der Waals surface area contributed by atoms with Crippen LogP contribution >= 0.6 is 11.3 Å². The van der Waals surface area contributed by atoms with Gasteiger partial charge in [0.2, 0.25) is 5.91 Å². The van der Waals surface area contributed by atoms with Gasteiger partial charge in [-0.25, -0.2) is 4.98 Å². The van der Waals surface area contributed by atoms with Gasteiger partial charge in [-0.15, -0.1) is 11.3 Å². The average Bonchev–Trinajstić information content (AvgIpc) is 2.99. The molecule has 2 heterocycles. The number of piperidine rings is 1. The number of carbonyl (C=O) groups excluding carboxylic acids is 1. The molecule has 1 atom stereocenters. The quantitative estimate of drug-likeness (QED) is 0.607. The Morgan fingerprint density at radius 3 is 3.09 bits per heavy atom. The van der Waals surface area contributed by atoms with E-state index in [2.05, 4.69) is 27.1 Å². The van der Waals surface area contributed by atoms with E-state index in [1.807, 2.05) is 6.20 Å². The molecule has 0 aromatic carbocycles. The molecule has 1 aliphatic heterocycles. The molecule has 23 heavy (non-hydrogen) atoms. The van der Waals surface area contributed by atoms with Gasteiger partial charge in [0.15, 0.2) is 5.96 Å². The fraction of sp³-hybridized carbons (Fsp3) is 0.688. The second-order valence-corrected chi connectivity index (χ2v) is 7.12. The van der Waals surface area contributed by atoms with Crippen LogP contribution in [0.2, 0.25) is 0 Å². The van der Waals surface area contributed by atoms with Gasteiger partial charge in [0, 0.05) is 50.6 Å². The number of hydrogen-bond acceptors (Lipinski definition) is 4. The van der Waals surface area contributed by atoms with Crippen LogP contribution in [-0.4, -0.2) is 48.4 Å². The SMILES string of the molecule is CCc1cnc(CCNC(=NC)N2CCCC(CC(N)=O)C2)s1. The zero-order valence-electron chi connectivity index (χ0n) is 14.0. The first-order chi connectivity index (χ1) is 11.1. The van der Waals surface area contributed by atoms with Crippen molar-refractivity contribution in [1.82, 2.24) is 15.2 Å². The summed E-state index contributed by atoms with van der Waals surface area (Å²) < 4.78 is 0. The number of guanidine groups is 1. The van der Waals surface area contributed by atoms with Crippen molar-refractivity contribution in [2.75, 3.05) is 26.7 Å². The molecule has 0 aliphatic carbocycles. The largest absolute Gasteiger partial charge is 0.370 e. The highest BCUT2D eigenvalue weighted by Crippen LogP contribution is 2.19. The molecule has 0 bridgehead atoms. The third-order valence-corrected chi connectivity index (χ3v) is 5.29. The van der Waals surface area contributed by atoms with Crippen LogP contribution in [0.1, 0.15) is 36.1 Å². The minimum absolute atomic E-state index is 0.213. The molecule has 0 saturated carbocycles. The Morgan fingerprint density at radius 2 is 2.43 bits per heavy atom. The first-order valence-corrected chi connectivity index (χ1v) is 9.11. The number of carbonyl (C=O) groups is 1. The monoisotopic (exact) mass is 337 g/mol. The molecule has 2 rings (SSSR count). The number of aromatic nitrogens is 1. The molecule has 0 radical (unpaired) electrons. The lowest BCUT2D eigenvalue weighted by atomic mass is 9.95. The maximum atomic E-state index is 11.1. The van der Waals surface area contributed by atoms with Crippen LogP contribution in [-0.2, 0) is 17.6 Å². The Balaban J connectivity index is 1.81. The van der Waals surface area contributed by atoms with E-state index in [1.165, 1.54) is 4.88 Å². The number of thiazole rings is 1.